The largest absolute Gasteiger partial charge is 0.421 e. The van der Waals surface area contributed by atoms with Gasteiger partial charge in [0, 0.05) is 18.1 Å². The highest BCUT2D eigenvalue weighted by Crippen LogP contribution is 2.11. The summed E-state index contributed by atoms with van der Waals surface area (Å²) in [6, 6.07) is 6.83. The second kappa shape index (κ2) is 3.99. The molecule has 0 radical (unpaired) electrons. The molecule has 0 fully saturated rings. The van der Waals surface area contributed by atoms with E-state index in [2.05, 4.69) is 9.97 Å². The molecular weight excluding hydrogens is 232 g/mol. The van der Waals surface area contributed by atoms with Gasteiger partial charge in [-0.3, -0.25) is 9.55 Å². The van der Waals surface area contributed by atoms with Crippen LogP contribution in [0.2, 0.25) is 0 Å². The molecule has 0 aliphatic heterocycles. The first-order valence-electron chi connectivity index (χ1n) is 5.39. The molecule has 18 heavy (non-hydrogen) atoms. The molecule has 0 atom stereocenters. The number of oxazole rings is 1. The van der Waals surface area contributed by atoms with Crippen molar-refractivity contribution < 1.29 is 4.42 Å². The molecule has 0 aromatic carbocycles. The van der Waals surface area contributed by atoms with Crippen LogP contribution in [0.15, 0.2) is 45.9 Å². The van der Waals surface area contributed by atoms with E-state index in [1.807, 2.05) is 0 Å². The molecule has 3 aromatic heterocycles. The fourth-order valence-electron chi connectivity index (χ4n) is 1.78. The second-order valence-corrected chi connectivity index (χ2v) is 3.86. The first-order chi connectivity index (χ1) is 8.74. The van der Waals surface area contributed by atoms with Gasteiger partial charge in [0.2, 0.25) is 0 Å². The zero-order valence-corrected chi connectivity index (χ0v) is 9.41. The topological polar surface area (TPSA) is 86.9 Å². The number of pyridine rings is 2. The summed E-state index contributed by atoms with van der Waals surface area (Å²) in [5.74, 6) is -0.451. The Labute approximate surface area is 102 Å². The first-order valence-corrected chi connectivity index (χ1v) is 5.39. The molecule has 3 heterocycles. The third-order valence-corrected chi connectivity index (χ3v) is 2.58. The van der Waals surface area contributed by atoms with Gasteiger partial charge in [-0.2, -0.15) is 0 Å². The van der Waals surface area contributed by atoms with Crippen molar-refractivity contribution in [3.8, 4) is 0 Å². The number of fused-ring (bicyclic) bond motifs is 1. The van der Waals surface area contributed by atoms with E-state index >= 15 is 0 Å². The lowest BCUT2D eigenvalue weighted by molar-refractivity contribution is 0.516. The first kappa shape index (κ1) is 10.5. The van der Waals surface area contributed by atoms with Crippen molar-refractivity contribution in [3.63, 3.8) is 0 Å². The molecule has 0 bridgehead atoms. The summed E-state index contributed by atoms with van der Waals surface area (Å²) in [4.78, 5) is 20.0. The van der Waals surface area contributed by atoms with Crippen LogP contribution >= 0.6 is 0 Å². The van der Waals surface area contributed by atoms with Crippen molar-refractivity contribution in [2.75, 3.05) is 5.73 Å². The normalized spacial score (nSPS) is 10.9. The Morgan fingerprint density at radius 1 is 1.28 bits per heavy atom. The summed E-state index contributed by atoms with van der Waals surface area (Å²) in [5, 5.41) is 0. The lowest BCUT2D eigenvalue weighted by Gasteiger charge is -2.01. The molecule has 0 aliphatic rings. The Bertz CT molecular complexity index is 760. The highest BCUT2D eigenvalue weighted by molar-refractivity contribution is 5.67. The molecule has 0 saturated carbocycles. The third kappa shape index (κ3) is 1.73. The Morgan fingerprint density at radius 2 is 2.17 bits per heavy atom. The minimum absolute atomic E-state index is 0.286. The summed E-state index contributed by atoms with van der Waals surface area (Å²) < 4.78 is 6.52. The van der Waals surface area contributed by atoms with Crippen LogP contribution in [0, 0.1) is 0 Å². The SMILES string of the molecule is Nc1ccnc(Cn2c(=O)oc3cccnc32)c1. The van der Waals surface area contributed by atoms with E-state index in [9.17, 15) is 4.79 Å². The molecule has 6 nitrogen and oxygen atoms in total. The third-order valence-electron chi connectivity index (χ3n) is 2.58. The van der Waals surface area contributed by atoms with Crippen molar-refractivity contribution in [1.29, 1.82) is 0 Å². The summed E-state index contributed by atoms with van der Waals surface area (Å²) in [7, 11) is 0. The minimum Gasteiger partial charge on any atom is -0.406 e. The average Bonchev–Trinajstić information content (AvgIpc) is 2.66. The highest BCUT2D eigenvalue weighted by Gasteiger charge is 2.10. The summed E-state index contributed by atoms with van der Waals surface area (Å²) >= 11 is 0. The molecule has 3 rings (SSSR count). The summed E-state index contributed by atoms with van der Waals surface area (Å²) in [6.07, 6.45) is 3.21. The molecule has 0 amide bonds. The average molecular weight is 242 g/mol. The number of nitrogens with two attached hydrogens (primary N) is 1. The van der Waals surface area contributed by atoms with E-state index in [0.717, 1.165) is 0 Å². The van der Waals surface area contributed by atoms with Gasteiger partial charge in [0.1, 0.15) is 0 Å². The van der Waals surface area contributed by atoms with Crippen LogP contribution < -0.4 is 11.5 Å². The number of rotatable bonds is 2. The summed E-state index contributed by atoms with van der Waals surface area (Å²) in [5.41, 5.74) is 7.93. The molecule has 2 N–H and O–H groups in total. The van der Waals surface area contributed by atoms with E-state index in [1.54, 1.807) is 36.7 Å². The van der Waals surface area contributed by atoms with Gasteiger partial charge in [0.15, 0.2) is 11.2 Å². The lowest BCUT2D eigenvalue weighted by atomic mass is 10.3. The molecule has 0 spiro atoms. The maximum Gasteiger partial charge on any atom is 0.421 e. The van der Waals surface area contributed by atoms with Gasteiger partial charge in [-0.15, -0.1) is 0 Å². The monoisotopic (exact) mass is 242 g/mol. The van der Waals surface area contributed by atoms with Gasteiger partial charge in [-0.05, 0) is 24.3 Å². The number of hydrogen-bond donors (Lipinski definition) is 1. The van der Waals surface area contributed by atoms with Crippen LogP contribution in [0.5, 0.6) is 0 Å². The van der Waals surface area contributed by atoms with Crippen molar-refractivity contribution in [2.45, 2.75) is 6.54 Å². The quantitative estimate of drug-likeness (QED) is 0.724. The Morgan fingerprint density at radius 3 is 3.00 bits per heavy atom. The number of anilines is 1. The molecule has 0 aliphatic carbocycles. The molecule has 0 unspecified atom stereocenters. The fourth-order valence-corrected chi connectivity index (χ4v) is 1.78. The number of aromatic nitrogens is 3. The number of hydrogen-bond acceptors (Lipinski definition) is 5. The van der Waals surface area contributed by atoms with E-state index in [1.165, 1.54) is 4.57 Å². The van der Waals surface area contributed by atoms with Gasteiger partial charge in [0.05, 0.1) is 12.2 Å². The molecule has 90 valence electrons. The van der Waals surface area contributed by atoms with Crippen molar-refractivity contribution in [3.05, 3.63) is 52.9 Å². The zero-order chi connectivity index (χ0) is 12.5. The van der Waals surface area contributed by atoms with Crippen LogP contribution in [-0.2, 0) is 6.54 Å². The maximum absolute atomic E-state index is 11.7. The predicted molar refractivity (Wildman–Crippen MR) is 66.0 cm³/mol. The van der Waals surface area contributed by atoms with Crippen LogP contribution in [0.25, 0.3) is 11.2 Å². The Balaban J connectivity index is 2.10. The smallest absolute Gasteiger partial charge is 0.406 e. The standard InChI is InChI=1S/C12H10N4O2/c13-8-3-5-14-9(6-8)7-16-11-10(18-12(16)17)2-1-4-15-11/h1-6H,7H2,(H2,13,14). The number of nitrogens with zero attached hydrogens (tertiary/aromatic N) is 3. The fraction of sp³-hybridized carbons (Fsp3) is 0.0833. The highest BCUT2D eigenvalue weighted by atomic mass is 16.4. The Kier molecular flexibility index (Phi) is 2.33. The van der Waals surface area contributed by atoms with Gasteiger partial charge in [0.25, 0.3) is 0 Å². The van der Waals surface area contributed by atoms with E-state index in [4.69, 9.17) is 10.2 Å². The minimum atomic E-state index is -0.451. The molecule has 6 heteroatoms. The van der Waals surface area contributed by atoms with Gasteiger partial charge >= 0.3 is 5.76 Å². The van der Waals surface area contributed by atoms with Crippen molar-refractivity contribution in [2.24, 2.45) is 0 Å². The predicted octanol–water partition coefficient (Wildman–Crippen LogP) is 1.02. The van der Waals surface area contributed by atoms with Crippen LogP contribution in [0.3, 0.4) is 0 Å². The molecular formula is C12H10N4O2. The van der Waals surface area contributed by atoms with Gasteiger partial charge in [-0.1, -0.05) is 0 Å². The van der Waals surface area contributed by atoms with Crippen LogP contribution in [-0.4, -0.2) is 14.5 Å². The maximum atomic E-state index is 11.7. The van der Waals surface area contributed by atoms with E-state index in [-0.39, 0.29) is 6.54 Å². The van der Waals surface area contributed by atoms with E-state index < -0.39 is 5.76 Å². The molecule has 0 saturated heterocycles. The van der Waals surface area contributed by atoms with Gasteiger partial charge in [-0.25, -0.2) is 9.78 Å². The van der Waals surface area contributed by atoms with Crippen molar-refractivity contribution in [1.82, 2.24) is 14.5 Å². The lowest BCUT2D eigenvalue weighted by Crippen LogP contribution is -2.16. The Hall–Kier alpha value is -2.63. The molecule has 3 aromatic rings. The van der Waals surface area contributed by atoms with Crippen molar-refractivity contribution >= 4 is 16.9 Å². The second-order valence-electron chi connectivity index (χ2n) is 3.86. The zero-order valence-electron chi connectivity index (χ0n) is 9.41. The van der Waals surface area contributed by atoms with Crippen LogP contribution in [0.4, 0.5) is 5.69 Å². The van der Waals surface area contributed by atoms with Gasteiger partial charge < -0.3 is 10.2 Å². The summed E-state index contributed by atoms with van der Waals surface area (Å²) in [6.45, 7) is 0.286. The number of nitrogen functional groups attached to an aromatic ring is 1. The van der Waals surface area contributed by atoms with E-state index in [0.29, 0.717) is 22.6 Å². The van der Waals surface area contributed by atoms with Crippen LogP contribution in [0.1, 0.15) is 5.69 Å².